The van der Waals surface area contributed by atoms with Crippen molar-refractivity contribution >= 4 is 12.0 Å². The maximum Gasteiger partial charge on any atom is 0.573 e. The molecule has 84 valence electrons. The van der Waals surface area contributed by atoms with Crippen LogP contribution in [0, 0.1) is 11.3 Å². The smallest absolute Gasteiger partial charge is 0.403 e. The maximum atomic E-state index is 11.9. The van der Waals surface area contributed by atoms with Crippen molar-refractivity contribution in [3.05, 3.63) is 17.5 Å². The van der Waals surface area contributed by atoms with Crippen LogP contribution in [0.15, 0.2) is 6.07 Å². The number of pyridine rings is 1. The molecule has 0 saturated heterocycles. The third kappa shape index (κ3) is 2.60. The van der Waals surface area contributed by atoms with E-state index in [2.05, 4.69) is 9.72 Å². The van der Waals surface area contributed by atoms with Crippen molar-refractivity contribution in [1.29, 1.82) is 5.26 Å². The van der Waals surface area contributed by atoms with Crippen molar-refractivity contribution in [2.45, 2.75) is 6.36 Å². The van der Waals surface area contributed by atoms with E-state index >= 15 is 0 Å². The monoisotopic (exact) mass is 231 g/mol. The Labute approximate surface area is 87.3 Å². The number of aromatic nitrogens is 1. The first-order chi connectivity index (χ1) is 7.37. The molecule has 1 aromatic rings. The number of nitrogen functional groups attached to an aromatic ring is 1. The number of aldehydes is 1. The molecule has 0 saturated carbocycles. The second-order valence-corrected chi connectivity index (χ2v) is 2.59. The highest BCUT2D eigenvalue weighted by molar-refractivity contribution is 5.78. The first-order valence-corrected chi connectivity index (χ1v) is 3.79. The number of nitrogens with two attached hydrogens (primary N) is 1. The van der Waals surface area contributed by atoms with Crippen molar-refractivity contribution in [2.24, 2.45) is 0 Å². The van der Waals surface area contributed by atoms with Crippen molar-refractivity contribution in [1.82, 2.24) is 4.98 Å². The van der Waals surface area contributed by atoms with E-state index < -0.39 is 17.8 Å². The Balaban J connectivity index is 3.25. The summed E-state index contributed by atoms with van der Waals surface area (Å²) >= 11 is 0. The molecule has 16 heavy (non-hydrogen) atoms. The molecule has 0 bridgehead atoms. The van der Waals surface area contributed by atoms with Gasteiger partial charge in [0, 0.05) is 6.07 Å². The first-order valence-electron chi connectivity index (χ1n) is 3.79. The van der Waals surface area contributed by atoms with E-state index in [1.807, 2.05) is 0 Å². The van der Waals surface area contributed by atoms with Crippen LogP contribution in [0.4, 0.5) is 18.9 Å². The molecule has 2 N–H and O–H groups in total. The number of alkyl halides is 3. The summed E-state index contributed by atoms with van der Waals surface area (Å²) in [6.45, 7) is 0. The van der Waals surface area contributed by atoms with Crippen molar-refractivity contribution in [3.63, 3.8) is 0 Å². The van der Waals surface area contributed by atoms with Crippen LogP contribution in [-0.2, 0) is 0 Å². The molecule has 1 aromatic heterocycles. The summed E-state index contributed by atoms with van der Waals surface area (Å²) in [6, 6.07) is 2.25. The Bertz CT molecular complexity index is 465. The maximum absolute atomic E-state index is 11.9. The highest BCUT2D eigenvalue weighted by Crippen LogP contribution is 2.27. The Morgan fingerprint density at radius 3 is 2.62 bits per heavy atom. The van der Waals surface area contributed by atoms with Gasteiger partial charge in [0.25, 0.3) is 0 Å². The number of carbonyl (C=O) groups is 1. The van der Waals surface area contributed by atoms with Gasteiger partial charge in [-0.2, -0.15) is 5.26 Å². The van der Waals surface area contributed by atoms with Crippen LogP contribution in [0.5, 0.6) is 5.75 Å². The lowest BCUT2D eigenvalue weighted by atomic mass is 10.2. The summed E-state index contributed by atoms with van der Waals surface area (Å²) in [7, 11) is 0. The van der Waals surface area contributed by atoms with Gasteiger partial charge in [-0.25, -0.2) is 4.98 Å². The topological polar surface area (TPSA) is 89.0 Å². The summed E-state index contributed by atoms with van der Waals surface area (Å²) in [5.74, 6) is -0.834. The third-order valence-electron chi connectivity index (χ3n) is 1.49. The Morgan fingerprint density at radius 2 is 2.19 bits per heavy atom. The molecule has 0 atom stereocenters. The van der Waals surface area contributed by atoms with Crippen molar-refractivity contribution in [2.75, 3.05) is 5.73 Å². The number of nitriles is 1. The average Bonchev–Trinajstić information content (AvgIpc) is 2.16. The van der Waals surface area contributed by atoms with E-state index in [1.54, 1.807) is 0 Å². The van der Waals surface area contributed by atoms with Gasteiger partial charge < -0.3 is 10.5 Å². The van der Waals surface area contributed by atoms with Crippen LogP contribution in [-0.4, -0.2) is 17.6 Å². The first kappa shape index (κ1) is 11.8. The van der Waals surface area contributed by atoms with Gasteiger partial charge >= 0.3 is 6.36 Å². The lowest BCUT2D eigenvalue weighted by Gasteiger charge is -2.10. The minimum atomic E-state index is -4.96. The number of carbonyl (C=O) groups excluding carboxylic acids is 1. The quantitative estimate of drug-likeness (QED) is 0.773. The molecule has 0 aliphatic heterocycles. The molecule has 0 aliphatic carbocycles. The molecule has 0 fully saturated rings. The molecule has 0 aromatic carbocycles. The molecule has 0 unspecified atom stereocenters. The van der Waals surface area contributed by atoms with E-state index in [0.717, 1.165) is 6.07 Å². The van der Waals surface area contributed by atoms with E-state index in [4.69, 9.17) is 11.0 Å². The molecule has 8 heteroatoms. The van der Waals surface area contributed by atoms with Crippen LogP contribution in [0.2, 0.25) is 0 Å². The molecular weight excluding hydrogens is 227 g/mol. The summed E-state index contributed by atoms with van der Waals surface area (Å²) in [4.78, 5) is 13.7. The second-order valence-electron chi connectivity index (χ2n) is 2.59. The van der Waals surface area contributed by atoms with Gasteiger partial charge in [-0.1, -0.05) is 0 Å². The van der Waals surface area contributed by atoms with Gasteiger partial charge in [-0.3, -0.25) is 4.79 Å². The van der Waals surface area contributed by atoms with Crippen LogP contribution in [0.25, 0.3) is 0 Å². The Hall–Kier alpha value is -2.30. The standard InChI is InChI=1S/C8H4F3N3O2/c9-8(10,11)16-7-1-4(13)5(2-12)14-6(7)3-15/h1,3H,13H2. The van der Waals surface area contributed by atoms with E-state index in [1.165, 1.54) is 6.07 Å². The Morgan fingerprint density at radius 1 is 1.56 bits per heavy atom. The predicted octanol–water partition coefficient (Wildman–Crippen LogP) is 1.25. The number of halogens is 3. The van der Waals surface area contributed by atoms with Gasteiger partial charge in [0.15, 0.2) is 17.7 Å². The van der Waals surface area contributed by atoms with Crippen LogP contribution < -0.4 is 10.5 Å². The normalized spacial score (nSPS) is 10.6. The van der Waals surface area contributed by atoms with Crippen LogP contribution in [0.3, 0.4) is 0 Å². The zero-order valence-corrected chi connectivity index (χ0v) is 7.58. The van der Waals surface area contributed by atoms with E-state index in [0.29, 0.717) is 0 Å². The molecule has 0 radical (unpaired) electrons. The molecule has 0 spiro atoms. The zero-order chi connectivity index (χ0) is 12.3. The fourth-order valence-electron chi connectivity index (χ4n) is 0.904. The molecule has 0 amide bonds. The molecule has 0 aliphatic rings. The van der Waals surface area contributed by atoms with Crippen LogP contribution >= 0.6 is 0 Å². The van der Waals surface area contributed by atoms with Gasteiger partial charge in [0.05, 0.1) is 5.69 Å². The highest BCUT2D eigenvalue weighted by atomic mass is 19.4. The van der Waals surface area contributed by atoms with E-state index in [9.17, 15) is 18.0 Å². The lowest BCUT2D eigenvalue weighted by molar-refractivity contribution is -0.274. The number of anilines is 1. The molecule has 5 nitrogen and oxygen atoms in total. The number of hydrogen-bond donors (Lipinski definition) is 1. The minimum absolute atomic E-state index is 0.0430. The van der Waals surface area contributed by atoms with Crippen molar-refractivity contribution in [3.8, 4) is 11.8 Å². The largest absolute Gasteiger partial charge is 0.573 e. The third-order valence-corrected chi connectivity index (χ3v) is 1.49. The van der Waals surface area contributed by atoms with E-state index in [-0.39, 0.29) is 17.7 Å². The minimum Gasteiger partial charge on any atom is -0.403 e. The SMILES string of the molecule is N#Cc1nc(C=O)c(OC(F)(F)F)cc1N. The average molecular weight is 231 g/mol. The van der Waals surface area contributed by atoms with Crippen molar-refractivity contribution < 1.29 is 22.7 Å². The summed E-state index contributed by atoms with van der Waals surface area (Å²) in [5, 5.41) is 8.49. The summed E-state index contributed by atoms with van der Waals surface area (Å²) in [6.07, 6.45) is -4.92. The number of rotatable bonds is 2. The summed E-state index contributed by atoms with van der Waals surface area (Å²) in [5.41, 5.74) is 3.95. The second kappa shape index (κ2) is 4.06. The number of ether oxygens (including phenoxy) is 1. The van der Waals surface area contributed by atoms with Gasteiger partial charge in [-0.15, -0.1) is 13.2 Å². The summed E-state index contributed by atoms with van der Waals surface area (Å²) < 4.78 is 39.2. The lowest BCUT2D eigenvalue weighted by Crippen LogP contribution is -2.19. The molecule has 1 rings (SSSR count). The fraction of sp³-hybridized carbons (Fsp3) is 0.125. The molecule has 1 heterocycles. The van der Waals surface area contributed by atoms with Gasteiger partial charge in [0.1, 0.15) is 11.8 Å². The molecular formula is C8H4F3N3O2. The Kier molecular flexibility index (Phi) is 2.99. The van der Waals surface area contributed by atoms with Gasteiger partial charge in [-0.05, 0) is 0 Å². The van der Waals surface area contributed by atoms with Gasteiger partial charge in [0.2, 0.25) is 0 Å². The number of nitrogens with zero attached hydrogens (tertiary/aromatic N) is 2. The zero-order valence-electron chi connectivity index (χ0n) is 7.58. The predicted molar refractivity (Wildman–Crippen MR) is 45.4 cm³/mol. The highest BCUT2D eigenvalue weighted by Gasteiger charge is 2.32. The fourth-order valence-corrected chi connectivity index (χ4v) is 0.904. The number of hydrogen-bond acceptors (Lipinski definition) is 5. The van der Waals surface area contributed by atoms with Crippen LogP contribution in [0.1, 0.15) is 16.2 Å².